The van der Waals surface area contributed by atoms with Crippen LogP contribution in [0.1, 0.15) is 6.92 Å². The number of rotatable bonds is 2. The molecule has 0 amide bonds. The van der Waals surface area contributed by atoms with Crippen molar-refractivity contribution in [2.24, 2.45) is 0 Å². The van der Waals surface area contributed by atoms with Crippen LogP contribution in [0.4, 0.5) is 8.78 Å². The molecule has 0 aliphatic heterocycles. The maximum Gasteiger partial charge on any atom is 0.389 e. The molecule has 0 aromatic rings. The van der Waals surface area contributed by atoms with Gasteiger partial charge in [-0.25, -0.2) is 4.79 Å². The fourth-order valence-electron chi connectivity index (χ4n) is 0.263. The summed E-state index contributed by atoms with van der Waals surface area (Å²) in [6, 6.07) is 0. The summed E-state index contributed by atoms with van der Waals surface area (Å²) in [5.74, 6) is -1.02. The first-order chi connectivity index (χ1) is 4.16. The molecular weight excluding hydrogens is 130 g/mol. The van der Waals surface area contributed by atoms with Crippen molar-refractivity contribution in [3.8, 4) is 0 Å². The molecular formula is C5H6F2O2. The highest BCUT2D eigenvalue weighted by atomic mass is 19.3. The summed E-state index contributed by atoms with van der Waals surface area (Å²) in [4.78, 5) is 10.1. The average Bonchev–Trinajstić information content (AvgIpc) is 1.63. The van der Waals surface area contributed by atoms with E-state index in [1.54, 1.807) is 0 Å². The molecule has 52 valence electrons. The van der Waals surface area contributed by atoms with Crippen LogP contribution in [-0.4, -0.2) is 12.6 Å². The Balaban J connectivity index is 3.51. The van der Waals surface area contributed by atoms with Crippen molar-refractivity contribution in [3.05, 3.63) is 12.2 Å². The molecule has 0 unspecified atom stereocenters. The number of ether oxygens (including phenoxy) is 1. The summed E-state index contributed by atoms with van der Waals surface area (Å²) in [5, 5.41) is 0. The van der Waals surface area contributed by atoms with Crippen LogP contribution in [0.15, 0.2) is 12.2 Å². The Hall–Kier alpha value is -0.930. The minimum atomic E-state index is -3.02. The smallest absolute Gasteiger partial charge is 0.389 e. The molecule has 0 N–H and O–H groups in total. The minimum absolute atomic E-state index is 0.923. The van der Waals surface area contributed by atoms with Gasteiger partial charge in [-0.15, -0.1) is 0 Å². The number of halogens is 2. The maximum atomic E-state index is 11.1. The van der Waals surface area contributed by atoms with E-state index < -0.39 is 12.6 Å². The van der Waals surface area contributed by atoms with Gasteiger partial charge in [0.25, 0.3) is 0 Å². The number of alkyl halides is 2. The zero-order valence-corrected chi connectivity index (χ0v) is 4.80. The van der Waals surface area contributed by atoms with E-state index in [0.717, 1.165) is 6.08 Å². The van der Waals surface area contributed by atoms with Gasteiger partial charge in [0.2, 0.25) is 0 Å². The van der Waals surface area contributed by atoms with E-state index in [1.165, 1.54) is 13.0 Å². The first-order valence-corrected chi connectivity index (χ1v) is 2.28. The first-order valence-electron chi connectivity index (χ1n) is 2.28. The van der Waals surface area contributed by atoms with Crippen molar-refractivity contribution in [2.45, 2.75) is 13.5 Å². The van der Waals surface area contributed by atoms with Gasteiger partial charge in [0.05, 0.1) is 0 Å². The molecule has 0 spiro atoms. The van der Waals surface area contributed by atoms with Gasteiger partial charge in [0.1, 0.15) is 0 Å². The Morgan fingerprint density at radius 1 is 1.67 bits per heavy atom. The van der Waals surface area contributed by atoms with E-state index in [9.17, 15) is 13.6 Å². The second-order valence-electron chi connectivity index (χ2n) is 1.20. The quantitative estimate of drug-likeness (QED) is 0.422. The molecule has 9 heavy (non-hydrogen) atoms. The second kappa shape index (κ2) is 4.00. The molecule has 0 aliphatic carbocycles. The summed E-state index contributed by atoms with van der Waals surface area (Å²) < 4.78 is 25.7. The Kier molecular flexibility index (Phi) is 3.59. The van der Waals surface area contributed by atoms with Crippen molar-refractivity contribution in [2.75, 3.05) is 0 Å². The zero-order chi connectivity index (χ0) is 7.28. The highest BCUT2D eigenvalue weighted by Gasteiger charge is 2.05. The number of hydrogen-bond acceptors (Lipinski definition) is 2. The third kappa shape index (κ3) is 4.93. The Labute approximate surface area is 51.1 Å². The van der Waals surface area contributed by atoms with E-state index in [-0.39, 0.29) is 0 Å². The third-order valence-electron chi connectivity index (χ3n) is 0.508. The lowest BCUT2D eigenvalue weighted by molar-refractivity contribution is -0.169. The molecule has 0 aliphatic rings. The lowest BCUT2D eigenvalue weighted by Crippen LogP contribution is -2.05. The Bertz CT molecular complexity index is 120. The van der Waals surface area contributed by atoms with Crippen LogP contribution in [-0.2, 0) is 9.53 Å². The van der Waals surface area contributed by atoms with Crippen LogP contribution < -0.4 is 0 Å². The number of hydrogen-bond donors (Lipinski definition) is 0. The molecule has 0 fully saturated rings. The van der Waals surface area contributed by atoms with E-state index >= 15 is 0 Å². The predicted molar refractivity (Wildman–Crippen MR) is 26.9 cm³/mol. The van der Waals surface area contributed by atoms with Gasteiger partial charge in [-0.3, -0.25) is 0 Å². The SMILES string of the molecule is CC=CC(=O)OC(F)F. The summed E-state index contributed by atoms with van der Waals surface area (Å²) in [6.07, 6.45) is 2.25. The molecule has 0 saturated heterocycles. The highest BCUT2D eigenvalue weighted by Crippen LogP contribution is 1.94. The van der Waals surface area contributed by atoms with Gasteiger partial charge in [-0.1, -0.05) is 6.08 Å². The van der Waals surface area contributed by atoms with Crippen LogP contribution in [0.3, 0.4) is 0 Å². The summed E-state index contributed by atoms with van der Waals surface area (Å²) in [6.45, 7) is -1.49. The number of allylic oxidation sites excluding steroid dienone is 1. The zero-order valence-electron chi connectivity index (χ0n) is 4.80. The van der Waals surface area contributed by atoms with Crippen LogP contribution in [0.25, 0.3) is 0 Å². The van der Waals surface area contributed by atoms with Crippen molar-refractivity contribution >= 4 is 5.97 Å². The van der Waals surface area contributed by atoms with Gasteiger partial charge < -0.3 is 4.74 Å². The van der Waals surface area contributed by atoms with Crippen molar-refractivity contribution in [1.29, 1.82) is 0 Å². The van der Waals surface area contributed by atoms with Crippen molar-refractivity contribution < 1.29 is 18.3 Å². The molecule has 0 atom stereocenters. The lowest BCUT2D eigenvalue weighted by atomic mass is 10.5. The largest absolute Gasteiger partial charge is 0.400 e. The topological polar surface area (TPSA) is 26.3 Å². The lowest BCUT2D eigenvalue weighted by Gasteiger charge is -1.95. The fourth-order valence-corrected chi connectivity index (χ4v) is 0.263. The Morgan fingerprint density at radius 2 is 2.22 bits per heavy atom. The first kappa shape index (κ1) is 8.07. The molecule has 0 radical (unpaired) electrons. The molecule has 0 aromatic carbocycles. The van der Waals surface area contributed by atoms with Crippen molar-refractivity contribution in [3.63, 3.8) is 0 Å². The van der Waals surface area contributed by atoms with Gasteiger partial charge in [0.15, 0.2) is 0 Å². The monoisotopic (exact) mass is 136 g/mol. The molecule has 0 saturated carbocycles. The fraction of sp³-hybridized carbons (Fsp3) is 0.400. The van der Waals surface area contributed by atoms with Crippen LogP contribution in [0.2, 0.25) is 0 Å². The van der Waals surface area contributed by atoms with E-state index in [2.05, 4.69) is 4.74 Å². The number of carbonyl (C=O) groups is 1. The highest BCUT2D eigenvalue weighted by molar-refractivity contribution is 5.81. The van der Waals surface area contributed by atoms with Crippen LogP contribution in [0.5, 0.6) is 0 Å². The van der Waals surface area contributed by atoms with Crippen LogP contribution >= 0.6 is 0 Å². The molecule has 0 rings (SSSR count). The van der Waals surface area contributed by atoms with Gasteiger partial charge in [-0.2, -0.15) is 8.78 Å². The standard InChI is InChI=1S/C5H6F2O2/c1-2-3-4(8)9-5(6)7/h2-3,5H,1H3. The summed E-state index contributed by atoms with van der Waals surface area (Å²) in [7, 11) is 0. The summed E-state index contributed by atoms with van der Waals surface area (Å²) in [5.41, 5.74) is 0. The van der Waals surface area contributed by atoms with Crippen molar-refractivity contribution in [1.82, 2.24) is 0 Å². The van der Waals surface area contributed by atoms with E-state index in [0.29, 0.717) is 0 Å². The normalized spacial score (nSPS) is 10.7. The third-order valence-corrected chi connectivity index (χ3v) is 0.508. The van der Waals surface area contributed by atoms with E-state index in [1.807, 2.05) is 0 Å². The summed E-state index contributed by atoms with van der Waals surface area (Å²) >= 11 is 0. The van der Waals surface area contributed by atoms with Gasteiger partial charge in [0, 0.05) is 6.08 Å². The molecule has 0 aromatic heterocycles. The predicted octanol–water partition coefficient (Wildman–Crippen LogP) is 1.33. The molecule has 4 heteroatoms. The van der Waals surface area contributed by atoms with Gasteiger partial charge in [-0.05, 0) is 6.92 Å². The number of carbonyl (C=O) groups excluding carboxylic acids is 1. The maximum absolute atomic E-state index is 11.1. The minimum Gasteiger partial charge on any atom is -0.400 e. The van der Waals surface area contributed by atoms with E-state index in [4.69, 9.17) is 0 Å². The van der Waals surface area contributed by atoms with Gasteiger partial charge >= 0.3 is 12.6 Å². The molecule has 2 nitrogen and oxygen atoms in total. The number of esters is 1. The van der Waals surface area contributed by atoms with Crippen LogP contribution in [0, 0.1) is 0 Å². The molecule has 0 heterocycles. The average molecular weight is 136 g/mol. The Morgan fingerprint density at radius 3 is 2.56 bits per heavy atom. The second-order valence-corrected chi connectivity index (χ2v) is 1.20. The molecule has 0 bridgehead atoms.